The molecule has 0 saturated carbocycles. The van der Waals surface area contributed by atoms with Crippen LogP contribution >= 0.6 is 11.3 Å². The average Bonchev–Trinajstić information content (AvgIpc) is 3.71. The lowest BCUT2D eigenvalue weighted by Crippen LogP contribution is -2.03. The highest BCUT2D eigenvalue weighted by Crippen LogP contribution is 2.44. The molecule has 0 N–H and O–H groups in total. The molecule has 6 nitrogen and oxygen atoms in total. The average molecular weight is 655 g/mol. The van der Waals surface area contributed by atoms with E-state index in [1.54, 1.807) is 23.5 Å². The van der Waals surface area contributed by atoms with Crippen molar-refractivity contribution in [2.45, 2.75) is 0 Å². The van der Waals surface area contributed by atoms with Crippen molar-refractivity contribution in [3.8, 4) is 51.7 Å². The summed E-state index contributed by atoms with van der Waals surface area (Å²) in [4.78, 5) is 13.8. The van der Waals surface area contributed by atoms with Crippen molar-refractivity contribution in [1.29, 1.82) is 10.5 Å². The third-order valence-electron chi connectivity index (χ3n) is 9.10. The maximum absolute atomic E-state index is 10.8. The first-order chi connectivity index (χ1) is 24.7. The summed E-state index contributed by atoms with van der Waals surface area (Å²) in [5.74, 6) is 0.444. The highest BCUT2D eigenvalue weighted by molar-refractivity contribution is 7.25. The predicted molar refractivity (Wildman–Crippen MR) is 201 cm³/mol. The van der Waals surface area contributed by atoms with Crippen LogP contribution in [0.4, 0.5) is 5.69 Å². The third-order valence-corrected chi connectivity index (χ3v) is 10.2. The molecule has 0 aliphatic heterocycles. The number of thiophene rings is 1. The van der Waals surface area contributed by atoms with Crippen molar-refractivity contribution in [3.05, 3.63) is 156 Å². The minimum absolute atomic E-state index is 0.270. The molecule has 0 atom stereocenters. The third kappa shape index (κ3) is 4.45. The van der Waals surface area contributed by atoms with Crippen molar-refractivity contribution >= 4 is 59.0 Å². The van der Waals surface area contributed by atoms with Gasteiger partial charge in [-0.1, -0.05) is 97.1 Å². The van der Waals surface area contributed by atoms with Crippen molar-refractivity contribution < 1.29 is 0 Å². The largest absolute Gasteiger partial charge is 0.318 e. The van der Waals surface area contributed by atoms with E-state index in [0.717, 1.165) is 38.3 Å². The predicted octanol–water partition coefficient (Wildman–Crippen LogP) is 11.2. The zero-order valence-electron chi connectivity index (χ0n) is 26.3. The standard InChI is InChI=1S/C43H22N6S/c1-46-35-21-28(41-34(25-45)40(26-12-4-2-5-13-26)47-43(48-41)27-14-6-3-7-15-27)20-29(24-44)42(35)49-36-18-10-8-16-30(36)32-23-39-33(22-37(32)49)31-17-9-11-19-38(31)50-39/h2-23H. The molecular weight excluding hydrogens is 633 g/mol. The smallest absolute Gasteiger partial charge is 0.212 e. The van der Waals surface area contributed by atoms with E-state index in [0.29, 0.717) is 34.0 Å². The SMILES string of the molecule is [C-]#[N+]c1cc(-c2nc(-c3ccccc3)nc(-c3ccccc3)c2C#N)cc(C#N)c1-n1c2ccccc2c2cc3sc4ccccc4c3cc21. The fraction of sp³-hybridized carbons (Fsp3) is 0. The summed E-state index contributed by atoms with van der Waals surface area (Å²) in [7, 11) is 0. The fourth-order valence-corrected chi connectivity index (χ4v) is 8.01. The van der Waals surface area contributed by atoms with E-state index in [9.17, 15) is 10.5 Å². The van der Waals surface area contributed by atoms with E-state index in [-0.39, 0.29) is 11.3 Å². The molecular formula is C43H22N6S. The summed E-state index contributed by atoms with van der Waals surface area (Å²) in [5, 5.41) is 25.7. The van der Waals surface area contributed by atoms with Crippen LogP contribution in [0, 0.1) is 29.2 Å². The van der Waals surface area contributed by atoms with Gasteiger partial charge in [0, 0.05) is 42.1 Å². The second-order valence-corrected chi connectivity index (χ2v) is 13.0. The number of aromatic nitrogens is 3. The lowest BCUT2D eigenvalue weighted by Gasteiger charge is -2.16. The molecule has 0 bridgehead atoms. The fourth-order valence-electron chi connectivity index (χ4n) is 6.89. The Hall–Kier alpha value is -7.11. The van der Waals surface area contributed by atoms with Gasteiger partial charge in [-0.15, -0.1) is 11.3 Å². The molecule has 0 spiro atoms. The van der Waals surface area contributed by atoms with E-state index in [1.807, 2.05) is 89.5 Å². The molecule has 9 rings (SSSR count). The Morgan fingerprint density at radius 2 is 1.24 bits per heavy atom. The number of nitriles is 2. The van der Waals surface area contributed by atoms with Gasteiger partial charge in [0.25, 0.3) is 0 Å². The van der Waals surface area contributed by atoms with Crippen molar-refractivity contribution in [2.24, 2.45) is 0 Å². The summed E-state index contributed by atoms with van der Waals surface area (Å²) in [6.07, 6.45) is 0. The number of benzene rings is 6. The number of fused-ring (bicyclic) bond motifs is 6. The highest BCUT2D eigenvalue weighted by Gasteiger charge is 2.24. The monoisotopic (exact) mass is 654 g/mol. The maximum atomic E-state index is 10.8. The molecule has 3 heterocycles. The number of para-hydroxylation sites is 1. The zero-order valence-corrected chi connectivity index (χ0v) is 27.1. The van der Waals surface area contributed by atoms with Gasteiger partial charge >= 0.3 is 0 Å². The molecule has 6 aromatic carbocycles. The van der Waals surface area contributed by atoms with Crippen molar-refractivity contribution in [2.75, 3.05) is 0 Å². The Bertz CT molecular complexity index is 2920. The summed E-state index contributed by atoms with van der Waals surface area (Å²) in [6.45, 7) is 8.41. The normalized spacial score (nSPS) is 11.1. The number of nitrogens with zero attached hydrogens (tertiary/aromatic N) is 6. The van der Waals surface area contributed by atoms with Crippen LogP contribution in [0.25, 0.3) is 86.4 Å². The van der Waals surface area contributed by atoms with E-state index < -0.39 is 0 Å². The molecule has 0 unspecified atom stereocenters. The molecule has 9 aromatic rings. The molecule has 0 radical (unpaired) electrons. The molecule has 7 heteroatoms. The molecule has 50 heavy (non-hydrogen) atoms. The van der Waals surface area contributed by atoms with Gasteiger partial charge in [-0.25, -0.2) is 14.8 Å². The highest BCUT2D eigenvalue weighted by atomic mass is 32.1. The zero-order chi connectivity index (χ0) is 33.8. The molecule has 3 aromatic heterocycles. The van der Waals surface area contributed by atoms with Crippen LogP contribution < -0.4 is 0 Å². The van der Waals surface area contributed by atoms with Gasteiger partial charge in [-0.05, 0) is 42.0 Å². The van der Waals surface area contributed by atoms with Gasteiger partial charge in [0.2, 0.25) is 5.69 Å². The summed E-state index contributed by atoms with van der Waals surface area (Å²) in [5.41, 5.74) is 6.06. The van der Waals surface area contributed by atoms with E-state index >= 15 is 0 Å². The first-order valence-corrected chi connectivity index (χ1v) is 16.7. The van der Waals surface area contributed by atoms with Gasteiger partial charge < -0.3 is 4.57 Å². The van der Waals surface area contributed by atoms with Crippen LogP contribution in [0.3, 0.4) is 0 Å². The van der Waals surface area contributed by atoms with E-state index in [2.05, 4.69) is 53.4 Å². The Balaban J connectivity index is 1.34. The van der Waals surface area contributed by atoms with Gasteiger partial charge in [0.05, 0.1) is 46.3 Å². The first-order valence-electron chi connectivity index (χ1n) is 15.9. The van der Waals surface area contributed by atoms with Gasteiger partial charge in [0.15, 0.2) is 5.82 Å². The summed E-state index contributed by atoms with van der Waals surface area (Å²) < 4.78 is 4.43. The molecule has 0 aliphatic carbocycles. The van der Waals surface area contributed by atoms with Crippen LogP contribution in [0.1, 0.15) is 11.1 Å². The van der Waals surface area contributed by atoms with Gasteiger partial charge in [-0.3, -0.25) is 0 Å². The molecule has 230 valence electrons. The summed E-state index contributed by atoms with van der Waals surface area (Å²) >= 11 is 1.76. The minimum atomic E-state index is 0.270. The van der Waals surface area contributed by atoms with Crippen molar-refractivity contribution in [1.82, 2.24) is 14.5 Å². The van der Waals surface area contributed by atoms with Crippen LogP contribution in [0.15, 0.2) is 133 Å². The maximum Gasteiger partial charge on any atom is 0.212 e. The molecule has 0 fully saturated rings. The molecule has 0 saturated heterocycles. The quantitative estimate of drug-likeness (QED) is 0.177. The second kappa shape index (κ2) is 11.5. The van der Waals surface area contributed by atoms with Crippen LogP contribution in [0.2, 0.25) is 0 Å². The van der Waals surface area contributed by atoms with Gasteiger partial charge in [-0.2, -0.15) is 10.5 Å². The first kappa shape index (κ1) is 29.1. The minimum Gasteiger partial charge on any atom is -0.318 e. The Labute approximate surface area is 290 Å². The topological polar surface area (TPSA) is 82.7 Å². The van der Waals surface area contributed by atoms with E-state index in [4.69, 9.17) is 16.5 Å². The van der Waals surface area contributed by atoms with Crippen LogP contribution in [0.5, 0.6) is 0 Å². The molecule has 0 aliphatic rings. The lowest BCUT2D eigenvalue weighted by atomic mass is 9.97. The molecule has 0 amide bonds. The van der Waals surface area contributed by atoms with Gasteiger partial charge in [0.1, 0.15) is 11.6 Å². The van der Waals surface area contributed by atoms with Crippen LogP contribution in [-0.4, -0.2) is 14.5 Å². The van der Waals surface area contributed by atoms with Crippen LogP contribution in [-0.2, 0) is 0 Å². The van der Waals surface area contributed by atoms with Crippen molar-refractivity contribution in [3.63, 3.8) is 0 Å². The second-order valence-electron chi connectivity index (χ2n) is 11.9. The lowest BCUT2D eigenvalue weighted by molar-refractivity contribution is 1.16. The Morgan fingerprint density at radius 1 is 0.580 bits per heavy atom. The summed E-state index contributed by atoms with van der Waals surface area (Å²) in [6, 6.07) is 48.2. The Kier molecular flexibility index (Phi) is 6.71. The number of rotatable bonds is 4. The Morgan fingerprint density at radius 3 is 1.96 bits per heavy atom. The number of hydrogen-bond donors (Lipinski definition) is 0. The van der Waals surface area contributed by atoms with E-state index in [1.165, 1.54) is 14.8 Å². The number of hydrogen-bond acceptors (Lipinski definition) is 5.